The molecule has 1 amide bonds. The summed E-state index contributed by atoms with van der Waals surface area (Å²) >= 11 is 0. The van der Waals surface area contributed by atoms with Gasteiger partial charge in [-0.3, -0.25) is 4.79 Å². The maximum Gasteiger partial charge on any atom is 0.246 e. The van der Waals surface area contributed by atoms with E-state index in [0.29, 0.717) is 0 Å². The molecule has 0 bridgehead atoms. The molecule has 0 spiro atoms. The highest BCUT2D eigenvalue weighted by atomic mass is 19.1. The largest absolute Gasteiger partial charge is 0.497 e. The molecule has 1 N–H and O–H groups in total. The molecule has 25 heavy (non-hydrogen) atoms. The number of nitrogens with one attached hydrogen (secondary N) is 1. The Hall–Kier alpha value is -3.22. The van der Waals surface area contributed by atoms with Crippen molar-refractivity contribution in [2.24, 2.45) is 0 Å². The van der Waals surface area contributed by atoms with Crippen LogP contribution in [0.25, 0.3) is 11.4 Å². The summed E-state index contributed by atoms with van der Waals surface area (Å²) in [6.07, 6.45) is 0.221. The third-order valence-corrected chi connectivity index (χ3v) is 3.54. The van der Waals surface area contributed by atoms with Gasteiger partial charge in [-0.25, -0.2) is 4.39 Å². The summed E-state index contributed by atoms with van der Waals surface area (Å²) < 4.78 is 23.8. The van der Waals surface area contributed by atoms with Gasteiger partial charge in [-0.05, 0) is 29.8 Å². The third kappa shape index (κ3) is 4.20. The summed E-state index contributed by atoms with van der Waals surface area (Å²) in [4.78, 5) is 16.1. The van der Waals surface area contributed by atoms with E-state index in [-0.39, 0.29) is 36.2 Å². The number of benzene rings is 2. The van der Waals surface area contributed by atoms with Crippen LogP contribution in [0.1, 0.15) is 11.5 Å². The minimum atomic E-state index is -0.432. The molecule has 0 saturated carbocycles. The molecule has 0 aliphatic heterocycles. The van der Waals surface area contributed by atoms with E-state index in [2.05, 4.69) is 15.5 Å². The van der Waals surface area contributed by atoms with E-state index in [1.165, 1.54) is 6.07 Å². The van der Waals surface area contributed by atoms with Crippen LogP contribution in [-0.2, 0) is 17.8 Å². The minimum absolute atomic E-state index is 0.0798. The van der Waals surface area contributed by atoms with Crippen LogP contribution in [0.3, 0.4) is 0 Å². The first kappa shape index (κ1) is 16.6. The predicted molar refractivity (Wildman–Crippen MR) is 88.2 cm³/mol. The Morgan fingerprint density at radius 1 is 1.20 bits per heavy atom. The SMILES string of the molecule is COc1ccc(CC(=O)NCc2nc(-c3ccccc3F)no2)cc1. The summed E-state index contributed by atoms with van der Waals surface area (Å²) in [5, 5.41) is 6.43. The quantitative estimate of drug-likeness (QED) is 0.746. The highest BCUT2D eigenvalue weighted by molar-refractivity contribution is 5.78. The molecule has 2 aromatic carbocycles. The molecule has 3 aromatic rings. The van der Waals surface area contributed by atoms with Gasteiger partial charge >= 0.3 is 0 Å². The number of ether oxygens (including phenoxy) is 1. The molecule has 7 heteroatoms. The first-order valence-electron chi connectivity index (χ1n) is 7.63. The molecule has 0 atom stereocenters. The fourth-order valence-corrected chi connectivity index (χ4v) is 2.24. The molecule has 3 rings (SSSR count). The minimum Gasteiger partial charge on any atom is -0.497 e. The van der Waals surface area contributed by atoms with Crippen molar-refractivity contribution in [1.82, 2.24) is 15.5 Å². The molecular weight excluding hydrogens is 325 g/mol. The fourth-order valence-electron chi connectivity index (χ4n) is 2.24. The van der Waals surface area contributed by atoms with Crippen molar-refractivity contribution in [3.63, 3.8) is 0 Å². The van der Waals surface area contributed by atoms with Crippen molar-refractivity contribution in [3.05, 3.63) is 65.8 Å². The highest BCUT2D eigenvalue weighted by Crippen LogP contribution is 2.19. The number of hydrogen-bond donors (Lipinski definition) is 1. The molecule has 0 aliphatic carbocycles. The highest BCUT2D eigenvalue weighted by Gasteiger charge is 2.13. The third-order valence-electron chi connectivity index (χ3n) is 3.54. The molecule has 0 saturated heterocycles. The Morgan fingerprint density at radius 2 is 1.96 bits per heavy atom. The van der Waals surface area contributed by atoms with Crippen molar-refractivity contribution in [1.29, 1.82) is 0 Å². The lowest BCUT2D eigenvalue weighted by atomic mass is 10.1. The number of hydrogen-bond acceptors (Lipinski definition) is 5. The van der Waals surface area contributed by atoms with E-state index in [0.717, 1.165) is 11.3 Å². The van der Waals surface area contributed by atoms with E-state index in [1.54, 1.807) is 37.4 Å². The molecule has 0 radical (unpaired) electrons. The zero-order valence-corrected chi connectivity index (χ0v) is 13.5. The van der Waals surface area contributed by atoms with Gasteiger partial charge in [-0.15, -0.1) is 0 Å². The molecule has 0 unspecified atom stereocenters. The number of methoxy groups -OCH3 is 1. The second-order valence-electron chi connectivity index (χ2n) is 5.29. The topological polar surface area (TPSA) is 77.2 Å². The monoisotopic (exact) mass is 341 g/mol. The van der Waals surface area contributed by atoms with Crippen molar-refractivity contribution >= 4 is 5.91 Å². The number of carbonyl (C=O) groups is 1. The zero-order chi connectivity index (χ0) is 17.6. The summed E-state index contributed by atoms with van der Waals surface area (Å²) in [6.45, 7) is 0.0798. The maximum atomic E-state index is 13.7. The number of halogens is 1. The van der Waals surface area contributed by atoms with Crippen LogP contribution in [0, 0.1) is 5.82 Å². The van der Waals surface area contributed by atoms with Crippen LogP contribution in [-0.4, -0.2) is 23.2 Å². The summed E-state index contributed by atoms with van der Waals surface area (Å²) in [5.74, 6) is 0.476. The van der Waals surface area contributed by atoms with Gasteiger partial charge in [0.25, 0.3) is 0 Å². The Balaban J connectivity index is 1.56. The van der Waals surface area contributed by atoms with Crippen LogP contribution in [0.2, 0.25) is 0 Å². The van der Waals surface area contributed by atoms with Crippen molar-refractivity contribution < 1.29 is 18.4 Å². The molecule has 1 aromatic heterocycles. The van der Waals surface area contributed by atoms with E-state index < -0.39 is 5.82 Å². The van der Waals surface area contributed by atoms with Crippen LogP contribution < -0.4 is 10.1 Å². The average molecular weight is 341 g/mol. The average Bonchev–Trinajstić information content (AvgIpc) is 3.10. The zero-order valence-electron chi connectivity index (χ0n) is 13.5. The van der Waals surface area contributed by atoms with Gasteiger partial charge < -0.3 is 14.6 Å². The van der Waals surface area contributed by atoms with E-state index in [1.807, 2.05) is 12.1 Å². The van der Waals surface area contributed by atoms with Crippen molar-refractivity contribution in [2.45, 2.75) is 13.0 Å². The van der Waals surface area contributed by atoms with Gasteiger partial charge in [-0.2, -0.15) is 4.98 Å². The van der Waals surface area contributed by atoms with Gasteiger partial charge in [0.1, 0.15) is 11.6 Å². The fraction of sp³-hybridized carbons (Fsp3) is 0.167. The van der Waals surface area contributed by atoms with Gasteiger partial charge in [0.15, 0.2) is 0 Å². The molecule has 128 valence electrons. The van der Waals surface area contributed by atoms with Gasteiger partial charge in [0, 0.05) is 0 Å². The lowest BCUT2D eigenvalue weighted by molar-refractivity contribution is -0.120. The smallest absolute Gasteiger partial charge is 0.246 e. The molecule has 0 aliphatic rings. The van der Waals surface area contributed by atoms with E-state index in [9.17, 15) is 9.18 Å². The number of aromatic nitrogens is 2. The Labute approximate surface area is 143 Å². The van der Waals surface area contributed by atoms with Gasteiger partial charge in [0.05, 0.1) is 25.6 Å². The molecule has 0 fully saturated rings. The standard InChI is InChI=1S/C18H16FN3O3/c1-24-13-8-6-12(7-9-13)10-16(23)20-11-17-21-18(22-25-17)14-4-2-3-5-15(14)19/h2-9H,10-11H2,1H3,(H,20,23). The summed E-state index contributed by atoms with van der Waals surface area (Å²) in [7, 11) is 1.59. The van der Waals surface area contributed by atoms with Crippen molar-refractivity contribution in [2.75, 3.05) is 7.11 Å². The van der Waals surface area contributed by atoms with Crippen molar-refractivity contribution in [3.8, 4) is 17.1 Å². The first-order valence-corrected chi connectivity index (χ1v) is 7.63. The molecular formula is C18H16FN3O3. The Bertz CT molecular complexity index is 862. The number of nitrogens with zero attached hydrogens (tertiary/aromatic N) is 2. The molecule has 6 nitrogen and oxygen atoms in total. The second kappa shape index (κ2) is 7.57. The Morgan fingerprint density at radius 3 is 2.68 bits per heavy atom. The van der Waals surface area contributed by atoms with Crippen LogP contribution in [0.4, 0.5) is 4.39 Å². The lowest BCUT2D eigenvalue weighted by Crippen LogP contribution is -2.24. The molecule has 1 heterocycles. The van der Waals surface area contributed by atoms with Crippen LogP contribution in [0.15, 0.2) is 53.1 Å². The normalized spacial score (nSPS) is 10.5. The lowest BCUT2D eigenvalue weighted by Gasteiger charge is -2.04. The summed E-state index contributed by atoms with van der Waals surface area (Å²) in [5.41, 5.74) is 1.11. The predicted octanol–water partition coefficient (Wildman–Crippen LogP) is 2.74. The maximum absolute atomic E-state index is 13.7. The first-order chi connectivity index (χ1) is 12.2. The summed E-state index contributed by atoms with van der Waals surface area (Å²) in [6, 6.07) is 13.4. The Kier molecular flexibility index (Phi) is 5.03. The van der Waals surface area contributed by atoms with Gasteiger partial charge in [0.2, 0.25) is 17.6 Å². The van der Waals surface area contributed by atoms with Crippen LogP contribution >= 0.6 is 0 Å². The van der Waals surface area contributed by atoms with Crippen LogP contribution in [0.5, 0.6) is 5.75 Å². The van der Waals surface area contributed by atoms with E-state index >= 15 is 0 Å². The number of amides is 1. The number of rotatable bonds is 6. The number of carbonyl (C=O) groups excluding carboxylic acids is 1. The second-order valence-corrected chi connectivity index (χ2v) is 5.29. The van der Waals surface area contributed by atoms with E-state index in [4.69, 9.17) is 9.26 Å². The van der Waals surface area contributed by atoms with Gasteiger partial charge in [-0.1, -0.05) is 29.4 Å².